The third-order valence-corrected chi connectivity index (χ3v) is 5.86. The van der Waals surface area contributed by atoms with Crippen LogP contribution in [0.4, 0.5) is 5.69 Å². The lowest BCUT2D eigenvalue weighted by molar-refractivity contribution is 0.102. The van der Waals surface area contributed by atoms with E-state index in [0.29, 0.717) is 29.2 Å². The number of hydrogen-bond acceptors (Lipinski definition) is 8. The van der Waals surface area contributed by atoms with Crippen molar-refractivity contribution in [3.63, 3.8) is 0 Å². The Morgan fingerprint density at radius 2 is 1.91 bits per heavy atom. The fourth-order valence-electron chi connectivity index (χ4n) is 3.57. The molecule has 0 saturated heterocycles. The van der Waals surface area contributed by atoms with E-state index in [-0.39, 0.29) is 5.91 Å². The van der Waals surface area contributed by atoms with Crippen LogP contribution in [0, 0.1) is 0 Å². The number of anilines is 1. The van der Waals surface area contributed by atoms with Gasteiger partial charge in [-0.25, -0.2) is 9.67 Å². The number of nitrogens with zero attached hydrogens (tertiary/aromatic N) is 5. The van der Waals surface area contributed by atoms with E-state index >= 15 is 0 Å². The maximum absolute atomic E-state index is 12.8. The average molecular weight is 473 g/mol. The summed E-state index contributed by atoms with van der Waals surface area (Å²) in [4.78, 5) is 17.3. The van der Waals surface area contributed by atoms with Gasteiger partial charge in [0.1, 0.15) is 17.2 Å². The van der Waals surface area contributed by atoms with Gasteiger partial charge in [-0.2, -0.15) is 5.10 Å². The maximum atomic E-state index is 12.8. The minimum absolute atomic E-state index is 0.248. The van der Waals surface area contributed by atoms with E-state index in [0.717, 1.165) is 28.0 Å². The van der Waals surface area contributed by atoms with E-state index < -0.39 is 0 Å². The molecule has 0 atom stereocenters. The SMILES string of the molecule is COc1ccc(Cn2ncc3cc(C(=O)Nc4ccc(-c5csnn5)cc4)cnc32)c(OC)c1. The van der Waals surface area contributed by atoms with Gasteiger partial charge in [0.05, 0.1) is 32.5 Å². The van der Waals surface area contributed by atoms with Crippen LogP contribution in [-0.4, -0.2) is 44.5 Å². The summed E-state index contributed by atoms with van der Waals surface area (Å²) >= 11 is 1.30. The van der Waals surface area contributed by atoms with Crippen molar-refractivity contribution in [3.8, 4) is 22.8 Å². The van der Waals surface area contributed by atoms with Crippen molar-refractivity contribution >= 4 is 34.2 Å². The molecule has 10 heteroatoms. The van der Waals surface area contributed by atoms with Crippen molar-refractivity contribution in [3.05, 3.63) is 77.4 Å². The van der Waals surface area contributed by atoms with E-state index in [1.165, 1.54) is 11.5 Å². The van der Waals surface area contributed by atoms with Crippen LogP contribution in [0.3, 0.4) is 0 Å². The second-order valence-corrected chi connectivity index (χ2v) is 8.05. The van der Waals surface area contributed by atoms with Crippen LogP contribution < -0.4 is 14.8 Å². The van der Waals surface area contributed by atoms with Crippen LogP contribution in [0.1, 0.15) is 15.9 Å². The molecule has 0 radical (unpaired) electrons. The van der Waals surface area contributed by atoms with Crippen molar-refractivity contribution in [2.75, 3.05) is 19.5 Å². The van der Waals surface area contributed by atoms with E-state index in [1.807, 2.05) is 47.8 Å². The summed E-state index contributed by atoms with van der Waals surface area (Å²) in [6.45, 7) is 0.468. The molecule has 3 aromatic heterocycles. The van der Waals surface area contributed by atoms with Gasteiger partial charge in [0.15, 0.2) is 5.65 Å². The van der Waals surface area contributed by atoms with Crippen molar-refractivity contribution in [2.45, 2.75) is 6.54 Å². The fourth-order valence-corrected chi connectivity index (χ4v) is 4.04. The second-order valence-electron chi connectivity index (χ2n) is 7.44. The number of aromatic nitrogens is 5. The Kier molecular flexibility index (Phi) is 5.88. The molecular weight excluding hydrogens is 452 g/mol. The normalized spacial score (nSPS) is 10.9. The molecule has 0 aliphatic rings. The zero-order valence-corrected chi connectivity index (χ0v) is 19.2. The quantitative estimate of drug-likeness (QED) is 0.377. The molecule has 0 fully saturated rings. The number of carbonyl (C=O) groups excluding carboxylic acids is 1. The first-order valence-corrected chi connectivity index (χ1v) is 11.2. The molecule has 0 bridgehead atoms. The third-order valence-electron chi connectivity index (χ3n) is 5.35. The molecule has 0 unspecified atom stereocenters. The van der Waals surface area contributed by atoms with Crippen LogP contribution in [0.15, 0.2) is 66.3 Å². The molecule has 0 spiro atoms. The van der Waals surface area contributed by atoms with Crippen LogP contribution in [0.25, 0.3) is 22.3 Å². The van der Waals surface area contributed by atoms with Crippen molar-refractivity contribution in [1.29, 1.82) is 0 Å². The summed E-state index contributed by atoms with van der Waals surface area (Å²) < 4.78 is 16.4. The first kappa shape index (κ1) is 21.5. The summed E-state index contributed by atoms with van der Waals surface area (Å²) in [6, 6.07) is 14.9. The van der Waals surface area contributed by atoms with Crippen molar-refractivity contribution in [1.82, 2.24) is 24.4 Å². The molecular formula is C24H20N6O3S. The minimum atomic E-state index is -0.248. The van der Waals surface area contributed by atoms with Crippen molar-refractivity contribution < 1.29 is 14.3 Å². The number of pyridine rings is 1. The Hall–Kier alpha value is -4.31. The van der Waals surface area contributed by atoms with Crippen LogP contribution in [-0.2, 0) is 6.54 Å². The van der Waals surface area contributed by atoms with Gasteiger partial charge in [0.25, 0.3) is 5.91 Å². The Balaban J connectivity index is 1.33. The number of hydrogen-bond donors (Lipinski definition) is 1. The molecule has 0 aliphatic heterocycles. The summed E-state index contributed by atoms with van der Waals surface area (Å²) in [7, 11) is 3.23. The third kappa shape index (κ3) is 4.30. The molecule has 0 aliphatic carbocycles. The van der Waals surface area contributed by atoms with Gasteiger partial charge in [-0.1, -0.05) is 16.6 Å². The smallest absolute Gasteiger partial charge is 0.257 e. The molecule has 0 saturated carbocycles. The first-order valence-electron chi connectivity index (χ1n) is 10.4. The highest BCUT2D eigenvalue weighted by Gasteiger charge is 2.13. The number of nitrogens with one attached hydrogen (secondary N) is 1. The molecule has 2 aromatic carbocycles. The van der Waals surface area contributed by atoms with Gasteiger partial charge in [-0.3, -0.25) is 4.79 Å². The fraction of sp³-hybridized carbons (Fsp3) is 0.125. The second kappa shape index (κ2) is 9.28. The molecule has 1 amide bonds. The highest BCUT2D eigenvalue weighted by molar-refractivity contribution is 7.03. The highest BCUT2D eigenvalue weighted by Crippen LogP contribution is 2.26. The predicted octanol–water partition coefficient (Wildman–Crippen LogP) is 4.27. The molecule has 170 valence electrons. The maximum Gasteiger partial charge on any atom is 0.257 e. The zero-order chi connectivity index (χ0) is 23.5. The van der Waals surface area contributed by atoms with E-state index in [9.17, 15) is 4.79 Å². The molecule has 3 heterocycles. The Labute approximate surface area is 199 Å². The Morgan fingerprint density at radius 3 is 2.65 bits per heavy atom. The summed E-state index contributed by atoms with van der Waals surface area (Å²) in [5, 5.41) is 14.0. The molecule has 9 nitrogen and oxygen atoms in total. The number of methoxy groups -OCH3 is 2. The van der Waals surface area contributed by atoms with Gasteiger partial charge < -0.3 is 14.8 Å². The van der Waals surface area contributed by atoms with E-state index in [2.05, 4.69) is 25.0 Å². The Morgan fingerprint density at radius 1 is 1.06 bits per heavy atom. The molecule has 5 aromatic rings. The number of fused-ring (bicyclic) bond motifs is 1. The molecule has 5 rings (SSSR count). The molecule has 1 N–H and O–H groups in total. The van der Waals surface area contributed by atoms with Gasteiger partial charge in [0.2, 0.25) is 0 Å². The van der Waals surface area contributed by atoms with Gasteiger partial charge in [-0.05, 0) is 41.9 Å². The van der Waals surface area contributed by atoms with Crippen LogP contribution in [0.2, 0.25) is 0 Å². The largest absolute Gasteiger partial charge is 0.497 e. The number of amides is 1. The monoisotopic (exact) mass is 472 g/mol. The van der Waals surface area contributed by atoms with Gasteiger partial charge >= 0.3 is 0 Å². The minimum Gasteiger partial charge on any atom is -0.497 e. The summed E-state index contributed by atoms with van der Waals surface area (Å²) in [5.74, 6) is 1.17. The van der Waals surface area contributed by atoms with E-state index in [1.54, 1.807) is 37.4 Å². The number of benzene rings is 2. The van der Waals surface area contributed by atoms with E-state index in [4.69, 9.17) is 9.47 Å². The Bertz CT molecular complexity index is 1450. The number of ether oxygens (including phenoxy) is 2. The van der Waals surface area contributed by atoms with Gasteiger partial charge in [0, 0.05) is 39.8 Å². The topological polar surface area (TPSA) is 104 Å². The molecule has 34 heavy (non-hydrogen) atoms. The number of carbonyl (C=O) groups is 1. The first-order chi connectivity index (χ1) is 16.6. The standard InChI is InChI=1S/C24H20N6O3S/c1-32-20-8-5-16(22(10-20)33-2)13-30-23-17(12-26-30)9-18(11-25-23)24(31)27-19-6-3-15(4-7-19)21-14-34-29-28-21/h3-12,14H,13H2,1-2H3,(H,27,31). The van der Waals surface area contributed by atoms with Gasteiger partial charge in [-0.15, -0.1) is 5.10 Å². The predicted molar refractivity (Wildman–Crippen MR) is 129 cm³/mol. The highest BCUT2D eigenvalue weighted by atomic mass is 32.1. The number of rotatable bonds is 7. The summed E-state index contributed by atoms with van der Waals surface area (Å²) in [5.41, 5.74) is 4.49. The van der Waals surface area contributed by atoms with Crippen LogP contribution >= 0.6 is 11.5 Å². The van der Waals surface area contributed by atoms with Crippen molar-refractivity contribution in [2.24, 2.45) is 0 Å². The average Bonchev–Trinajstić information content (AvgIpc) is 3.55. The summed E-state index contributed by atoms with van der Waals surface area (Å²) in [6.07, 6.45) is 3.25. The lowest BCUT2D eigenvalue weighted by Gasteiger charge is -2.11. The zero-order valence-electron chi connectivity index (χ0n) is 18.4. The lowest BCUT2D eigenvalue weighted by atomic mass is 10.1. The van der Waals surface area contributed by atoms with Crippen LogP contribution in [0.5, 0.6) is 11.5 Å². The lowest BCUT2D eigenvalue weighted by Crippen LogP contribution is -2.12.